The molecule has 0 radical (unpaired) electrons. The maximum absolute atomic E-state index is 10.7. The molecule has 0 atom stereocenters. The van der Waals surface area contributed by atoms with E-state index in [-0.39, 0.29) is 10.6 Å². The summed E-state index contributed by atoms with van der Waals surface area (Å²) in [5.74, 6) is 0. The van der Waals surface area contributed by atoms with Crippen molar-refractivity contribution in [1.29, 1.82) is 0 Å². The molecule has 138 valence electrons. The van der Waals surface area contributed by atoms with Crippen LogP contribution in [-0.2, 0) is 13.1 Å². The number of benzene rings is 1. The van der Waals surface area contributed by atoms with Crippen LogP contribution in [0.15, 0.2) is 24.3 Å². The molecular formula is C19H25N5O2. The summed E-state index contributed by atoms with van der Waals surface area (Å²) in [6, 6.07) is 6.84. The maximum Gasteiger partial charge on any atom is 0.269 e. The Bertz CT molecular complexity index is 783. The highest BCUT2D eigenvalue weighted by molar-refractivity contribution is 5.32. The van der Waals surface area contributed by atoms with Crippen LogP contribution in [-0.4, -0.2) is 50.9 Å². The molecule has 3 rings (SSSR count). The van der Waals surface area contributed by atoms with Crippen molar-refractivity contribution in [1.82, 2.24) is 19.8 Å². The highest BCUT2D eigenvalue weighted by Gasteiger charge is 2.19. The largest absolute Gasteiger partial charge is 0.297 e. The summed E-state index contributed by atoms with van der Waals surface area (Å²) < 4.78 is 0. The van der Waals surface area contributed by atoms with Crippen LogP contribution in [0, 0.1) is 30.9 Å². The van der Waals surface area contributed by atoms with E-state index in [2.05, 4.69) is 14.8 Å². The Labute approximate surface area is 153 Å². The van der Waals surface area contributed by atoms with Gasteiger partial charge in [0.1, 0.15) is 0 Å². The molecule has 1 aliphatic heterocycles. The molecule has 2 aromatic rings. The molecule has 0 bridgehead atoms. The average molecular weight is 355 g/mol. The number of nitrogens with zero attached hydrogens (tertiary/aromatic N) is 5. The highest BCUT2D eigenvalue weighted by atomic mass is 16.6. The van der Waals surface area contributed by atoms with Crippen molar-refractivity contribution in [3.05, 3.63) is 62.7 Å². The van der Waals surface area contributed by atoms with Crippen molar-refractivity contribution < 1.29 is 4.92 Å². The smallest absolute Gasteiger partial charge is 0.269 e. The van der Waals surface area contributed by atoms with Gasteiger partial charge in [0.25, 0.3) is 5.69 Å². The third-order valence-electron chi connectivity index (χ3n) is 4.97. The van der Waals surface area contributed by atoms with Crippen molar-refractivity contribution >= 4 is 5.69 Å². The van der Waals surface area contributed by atoms with Crippen molar-refractivity contribution in [2.75, 3.05) is 26.2 Å². The normalized spacial score (nSPS) is 16.0. The number of nitro benzene ring substituents is 1. The number of rotatable bonds is 5. The molecule has 1 aromatic heterocycles. The average Bonchev–Trinajstić information content (AvgIpc) is 2.62. The Morgan fingerprint density at radius 3 is 2.00 bits per heavy atom. The first-order valence-corrected chi connectivity index (χ1v) is 8.91. The van der Waals surface area contributed by atoms with Gasteiger partial charge in [-0.25, -0.2) is 0 Å². The van der Waals surface area contributed by atoms with E-state index in [1.54, 1.807) is 12.1 Å². The standard InChI is InChI=1S/C19H25N5O2/c1-14-15(2)21-19(16(3)20-14)13-23-10-8-22(9-11-23)12-17-4-6-18(7-5-17)24(25)26/h4-7H,8-13H2,1-3H3. The second-order valence-corrected chi connectivity index (χ2v) is 6.90. The lowest BCUT2D eigenvalue weighted by molar-refractivity contribution is -0.384. The number of non-ortho nitro benzene ring substituents is 1. The van der Waals surface area contributed by atoms with Gasteiger partial charge >= 0.3 is 0 Å². The zero-order chi connectivity index (χ0) is 18.7. The molecule has 26 heavy (non-hydrogen) atoms. The van der Waals surface area contributed by atoms with Crippen molar-refractivity contribution in [3.63, 3.8) is 0 Å². The van der Waals surface area contributed by atoms with Gasteiger partial charge in [-0.05, 0) is 26.3 Å². The number of aryl methyl sites for hydroxylation is 3. The number of nitro groups is 1. The van der Waals surface area contributed by atoms with Crippen LogP contribution in [0.1, 0.15) is 28.3 Å². The Morgan fingerprint density at radius 1 is 0.885 bits per heavy atom. The first-order valence-electron chi connectivity index (χ1n) is 8.91. The van der Waals surface area contributed by atoms with Crippen LogP contribution >= 0.6 is 0 Å². The molecule has 7 nitrogen and oxygen atoms in total. The first-order chi connectivity index (χ1) is 12.4. The van der Waals surface area contributed by atoms with Gasteiger partial charge in [0.05, 0.1) is 27.7 Å². The van der Waals surface area contributed by atoms with Gasteiger partial charge in [-0.1, -0.05) is 12.1 Å². The van der Waals surface area contributed by atoms with Crippen molar-refractivity contribution in [2.45, 2.75) is 33.9 Å². The second-order valence-electron chi connectivity index (χ2n) is 6.90. The molecule has 2 heterocycles. The fourth-order valence-corrected chi connectivity index (χ4v) is 3.21. The summed E-state index contributed by atoms with van der Waals surface area (Å²) in [6.45, 7) is 11.6. The SMILES string of the molecule is Cc1nc(C)c(CN2CCN(Cc3ccc([N+](=O)[O-])cc3)CC2)nc1C. The van der Waals surface area contributed by atoms with Crippen LogP contribution in [0.3, 0.4) is 0 Å². The minimum absolute atomic E-state index is 0.142. The van der Waals surface area contributed by atoms with Crippen LogP contribution < -0.4 is 0 Å². The Hall–Kier alpha value is -2.38. The van der Waals surface area contributed by atoms with E-state index in [1.165, 1.54) is 0 Å². The minimum Gasteiger partial charge on any atom is -0.297 e. The Kier molecular flexibility index (Phi) is 5.58. The molecule has 1 fully saturated rings. The highest BCUT2D eigenvalue weighted by Crippen LogP contribution is 2.16. The van der Waals surface area contributed by atoms with Gasteiger partial charge in [0, 0.05) is 51.4 Å². The van der Waals surface area contributed by atoms with E-state index >= 15 is 0 Å². The number of piperazine rings is 1. The third-order valence-corrected chi connectivity index (χ3v) is 4.97. The third kappa shape index (κ3) is 4.42. The van der Waals surface area contributed by atoms with Gasteiger partial charge in [0.15, 0.2) is 0 Å². The maximum atomic E-state index is 10.7. The zero-order valence-corrected chi connectivity index (χ0v) is 15.6. The number of aromatic nitrogens is 2. The van der Waals surface area contributed by atoms with E-state index in [9.17, 15) is 10.1 Å². The number of hydrogen-bond donors (Lipinski definition) is 0. The van der Waals surface area contributed by atoms with E-state index in [4.69, 9.17) is 4.98 Å². The Balaban J connectivity index is 1.53. The summed E-state index contributed by atoms with van der Waals surface area (Å²) in [4.78, 5) is 24.5. The van der Waals surface area contributed by atoms with Crippen LogP contribution in [0.2, 0.25) is 0 Å². The quantitative estimate of drug-likeness (QED) is 0.606. The summed E-state index contributed by atoms with van der Waals surface area (Å²) >= 11 is 0. The molecule has 0 saturated carbocycles. The molecule has 7 heteroatoms. The molecule has 1 aliphatic rings. The summed E-state index contributed by atoms with van der Waals surface area (Å²) in [5, 5.41) is 10.7. The van der Waals surface area contributed by atoms with Gasteiger partial charge in [0.2, 0.25) is 0 Å². The Morgan fingerprint density at radius 2 is 1.42 bits per heavy atom. The molecule has 0 spiro atoms. The lowest BCUT2D eigenvalue weighted by atomic mass is 10.1. The van der Waals surface area contributed by atoms with Crippen molar-refractivity contribution in [3.8, 4) is 0 Å². The summed E-state index contributed by atoms with van der Waals surface area (Å²) in [5.41, 5.74) is 5.34. The fraction of sp³-hybridized carbons (Fsp3) is 0.474. The minimum atomic E-state index is -0.361. The monoisotopic (exact) mass is 355 g/mol. The van der Waals surface area contributed by atoms with Crippen molar-refractivity contribution in [2.24, 2.45) is 0 Å². The topological polar surface area (TPSA) is 75.4 Å². The molecule has 0 unspecified atom stereocenters. The second kappa shape index (κ2) is 7.88. The first kappa shape index (κ1) is 18.4. The predicted octanol–water partition coefficient (Wildman–Crippen LogP) is 2.63. The number of hydrogen-bond acceptors (Lipinski definition) is 6. The van der Waals surface area contributed by atoms with Crippen LogP contribution in [0.4, 0.5) is 5.69 Å². The zero-order valence-electron chi connectivity index (χ0n) is 15.6. The molecule has 0 aliphatic carbocycles. The van der Waals surface area contributed by atoms with Gasteiger partial charge in [-0.3, -0.25) is 29.9 Å². The molecule has 1 aromatic carbocycles. The van der Waals surface area contributed by atoms with E-state index in [0.29, 0.717) is 0 Å². The molecule has 0 N–H and O–H groups in total. The molecular weight excluding hydrogens is 330 g/mol. The lowest BCUT2D eigenvalue weighted by Gasteiger charge is -2.34. The van der Waals surface area contributed by atoms with Gasteiger partial charge < -0.3 is 0 Å². The summed E-state index contributed by atoms with van der Waals surface area (Å²) in [6.07, 6.45) is 0. The fourth-order valence-electron chi connectivity index (χ4n) is 3.21. The van der Waals surface area contributed by atoms with Gasteiger partial charge in [-0.15, -0.1) is 0 Å². The molecule has 0 amide bonds. The van der Waals surface area contributed by atoms with Crippen LogP contribution in [0.5, 0.6) is 0 Å². The summed E-state index contributed by atoms with van der Waals surface area (Å²) in [7, 11) is 0. The van der Waals surface area contributed by atoms with E-state index in [1.807, 2.05) is 32.9 Å². The lowest BCUT2D eigenvalue weighted by Crippen LogP contribution is -2.45. The predicted molar refractivity (Wildman–Crippen MR) is 99.9 cm³/mol. The van der Waals surface area contributed by atoms with Crippen LogP contribution in [0.25, 0.3) is 0 Å². The van der Waals surface area contributed by atoms with E-state index in [0.717, 1.165) is 67.6 Å². The molecule has 1 saturated heterocycles. The van der Waals surface area contributed by atoms with E-state index < -0.39 is 0 Å². The van der Waals surface area contributed by atoms with Gasteiger partial charge in [-0.2, -0.15) is 0 Å².